The maximum Gasteiger partial charge on any atom is 0.0963 e. The van der Waals surface area contributed by atoms with Crippen LogP contribution in [0.2, 0.25) is 5.02 Å². The summed E-state index contributed by atoms with van der Waals surface area (Å²) in [4.78, 5) is 0. The van der Waals surface area contributed by atoms with Gasteiger partial charge in [0.25, 0.3) is 0 Å². The van der Waals surface area contributed by atoms with Gasteiger partial charge in [-0.1, -0.05) is 37.6 Å². The Morgan fingerprint density at radius 1 is 1.35 bits per heavy atom. The Morgan fingerprint density at radius 3 is 2.47 bits per heavy atom. The van der Waals surface area contributed by atoms with Gasteiger partial charge in [0, 0.05) is 16.2 Å². The van der Waals surface area contributed by atoms with Crippen molar-refractivity contribution in [3.63, 3.8) is 0 Å². The van der Waals surface area contributed by atoms with Crippen LogP contribution < -0.4 is 5.73 Å². The Balaban J connectivity index is 2.29. The minimum atomic E-state index is -0.188. The van der Waals surface area contributed by atoms with Crippen molar-refractivity contribution in [2.45, 2.75) is 26.0 Å². The predicted octanol–water partition coefficient (Wildman–Crippen LogP) is 3.93. The molecule has 0 amide bonds. The van der Waals surface area contributed by atoms with E-state index in [-0.39, 0.29) is 11.3 Å². The second-order valence-electron chi connectivity index (χ2n) is 4.73. The van der Waals surface area contributed by atoms with Crippen molar-refractivity contribution >= 4 is 29.2 Å². The molecule has 1 aromatic rings. The van der Waals surface area contributed by atoms with Crippen LogP contribution in [0.4, 0.5) is 0 Å². The van der Waals surface area contributed by atoms with Crippen molar-refractivity contribution in [1.29, 1.82) is 5.41 Å². The zero-order valence-corrected chi connectivity index (χ0v) is 11.9. The number of benzene rings is 1. The molecule has 0 spiro atoms. The summed E-state index contributed by atoms with van der Waals surface area (Å²) in [7, 11) is 0. The SMILES string of the molecule is CC(C)(CCSCc1ccc(Cl)cc1)C(=N)N. The maximum absolute atomic E-state index is 7.47. The van der Waals surface area contributed by atoms with Crippen LogP contribution >= 0.6 is 23.4 Å². The van der Waals surface area contributed by atoms with Crippen LogP contribution in [0.5, 0.6) is 0 Å². The molecule has 0 radical (unpaired) electrons. The lowest BCUT2D eigenvalue weighted by molar-refractivity contribution is 0.500. The van der Waals surface area contributed by atoms with Crippen molar-refractivity contribution in [2.75, 3.05) is 5.75 Å². The van der Waals surface area contributed by atoms with Crippen LogP contribution in [0.3, 0.4) is 0 Å². The third kappa shape index (κ3) is 5.00. The molecule has 4 heteroatoms. The van der Waals surface area contributed by atoms with E-state index < -0.39 is 0 Å². The summed E-state index contributed by atoms with van der Waals surface area (Å²) in [5.41, 5.74) is 6.63. The molecule has 0 bridgehead atoms. The lowest BCUT2D eigenvalue weighted by atomic mass is 9.89. The summed E-state index contributed by atoms with van der Waals surface area (Å²) in [5.74, 6) is 2.25. The van der Waals surface area contributed by atoms with Gasteiger partial charge in [-0.2, -0.15) is 11.8 Å². The van der Waals surface area contributed by atoms with Crippen molar-refractivity contribution < 1.29 is 0 Å². The number of rotatable bonds is 6. The Labute approximate surface area is 112 Å². The quantitative estimate of drug-likeness (QED) is 0.468. The lowest BCUT2D eigenvalue weighted by Crippen LogP contribution is -2.31. The molecule has 0 aromatic heterocycles. The molecule has 0 saturated heterocycles. The van der Waals surface area contributed by atoms with Crippen molar-refractivity contribution in [3.05, 3.63) is 34.9 Å². The first-order valence-corrected chi connectivity index (χ1v) is 7.12. The van der Waals surface area contributed by atoms with E-state index in [2.05, 4.69) is 0 Å². The summed E-state index contributed by atoms with van der Waals surface area (Å²) in [5, 5.41) is 8.25. The molecule has 2 nitrogen and oxygen atoms in total. The predicted molar refractivity (Wildman–Crippen MR) is 77.9 cm³/mol. The molecular weight excluding hydrogens is 252 g/mol. The second-order valence-corrected chi connectivity index (χ2v) is 6.27. The summed E-state index contributed by atoms with van der Waals surface area (Å²) in [6, 6.07) is 7.92. The number of amidine groups is 1. The van der Waals surface area contributed by atoms with E-state index in [1.54, 1.807) is 0 Å². The van der Waals surface area contributed by atoms with Crippen molar-refractivity contribution in [3.8, 4) is 0 Å². The van der Waals surface area contributed by atoms with E-state index in [0.29, 0.717) is 0 Å². The highest BCUT2D eigenvalue weighted by molar-refractivity contribution is 7.98. The number of thioether (sulfide) groups is 1. The van der Waals surface area contributed by atoms with E-state index in [9.17, 15) is 0 Å². The number of halogens is 1. The number of nitrogens with one attached hydrogen (secondary N) is 1. The fourth-order valence-corrected chi connectivity index (χ4v) is 2.59. The first-order valence-electron chi connectivity index (χ1n) is 5.58. The highest BCUT2D eigenvalue weighted by Crippen LogP contribution is 2.24. The van der Waals surface area contributed by atoms with Gasteiger partial charge >= 0.3 is 0 Å². The van der Waals surface area contributed by atoms with Crippen LogP contribution in [0.25, 0.3) is 0 Å². The Hall–Kier alpha value is -0.670. The highest BCUT2D eigenvalue weighted by atomic mass is 35.5. The van der Waals surface area contributed by atoms with Gasteiger partial charge in [0.1, 0.15) is 0 Å². The molecule has 1 rings (SSSR count). The van der Waals surface area contributed by atoms with Crippen molar-refractivity contribution in [2.24, 2.45) is 11.1 Å². The number of nitrogens with two attached hydrogens (primary N) is 1. The van der Waals surface area contributed by atoms with Crippen LogP contribution in [0.1, 0.15) is 25.8 Å². The normalized spacial score (nSPS) is 11.5. The zero-order chi connectivity index (χ0) is 12.9. The molecule has 0 aliphatic heterocycles. The summed E-state index contributed by atoms with van der Waals surface area (Å²) in [6.45, 7) is 4.02. The lowest BCUT2D eigenvalue weighted by Gasteiger charge is -2.22. The topological polar surface area (TPSA) is 49.9 Å². The Kier molecular flexibility index (Phi) is 5.34. The highest BCUT2D eigenvalue weighted by Gasteiger charge is 2.20. The molecule has 0 fully saturated rings. The minimum absolute atomic E-state index is 0.188. The van der Waals surface area contributed by atoms with Gasteiger partial charge in [0.2, 0.25) is 0 Å². The Morgan fingerprint density at radius 2 is 1.94 bits per heavy atom. The molecule has 0 unspecified atom stereocenters. The standard InChI is InChI=1S/C13H19ClN2S/c1-13(2,12(15)16)7-8-17-9-10-3-5-11(14)6-4-10/h3-6H,7-9H2,1-2H3,(H3,15,16). The summed E-state index contributed by atoms with van der Waals surface area (Å²) < 4.78 is 0. The van der Waals surface area contributed by atoms with E-state index in [1.807, 2.05) is 49.9 Å². The van der Waals surface area contributed by atoms with Crippen LogP contribution in [-0.2, 0) is 5.75 Å². The molecule has 0 aliphatic carbocycles. The smallest absolute Gasteiger partial charge is 0.0963 e. The molecule has 0 heterocycles. The van der Waals surface area contributed by atoms with E-state index >= 15 is 0 Å². The summed E-state index contributed by atoms with van der Waals surface area (Å²) >= 11 is 7.68. The molecule has 3 N–H and O–H groups in total. The molecule has 0 saturated carbocycles. The first kappa shape index (κ1) is 14.4. The second kappa shape index (κ2) is 6.31. The molecule has 1 aromatic carbocycles. The molecule has 94 valence electrons. The van der Waals surface area contributed by atoms with Crippen LogP contribution in [-0.4, -0.2) is 11.6 Å². The van der Waals surface area contributed by atoms with E-state index in [1.165, 1.54) is 5.56 Å². The summed E-state index contributed by atoms with van der Waals surface area (Å²) in [6.07, 6.45) is 0.931. The van der Waals surface area contributed by atoms with Gasteiger partial charge in [0.05, 0.1) is 5.84 Å². The largest absolute Gasteiger partial charge is 0.387 e. The van der Waals surface area contributed by atoms with Crippen LogP contribution in [0.15, 0.2) is 24.3 Å². The molecule has 0 atom stereocenters. The molecule has 0 aliphatic rings. The van der Waals surface area contributed by atoms with Crippen LogP contribution in [0, 0.1) is 10.8 Å². The van der Waals surface area contributed by atoms with Gasteiger partial charge in [-0.15, -0.1) is 0 Å². The van der Waals surface area contributed by atoms with Gasteiger partial charge in [-0.3, -0.25) is 5.41 Å². The minimum Gasteiger partial charge on any atom is -0.387 e. The van der Waals surface area contributed by atoms with Gasteiger partial charge in [0.15, 0.2) is 0 Å². The Bertz CT molecular complexity index is 374. The molecule has 17 heavy (non-hydrogen) atoms. The molecular formula is C13H19ClN2S. The van der Waals surface area contributed by atoms with E-state index in [4.69, 9.17) is 22.7 Å². The maximum atomic E-state index is 7.47. The third-order valence-electron chi connectivity index (χ3n) is 2.78. The number of hydrogen-bond donors (Lipinski definition) is 2. The van der Waals surface area contributed by atoms with Gasteiger partial charge in [-0.05, 0) is 29.9 Å². The zero-order valence-electron chi connectivity index (χ0n) is 10.3. The van der Waals surface area contributed by atoms with Gasteiger partial charge < -0.3 is 5.73 Å². The fraction of sp³-hybridized carbons (Fsp3) is 0.462. The fourth-order valence-electron chi connectivity index (χ4n) is 1.23. The van der Waals surface area contributed by atoms with Gasteiger partial charge in [-0.25, -0.2) is 0 Å². The average molecular weight is 271 g/mol. The first-order chi connectivity index (χ1) is 7.92. The average Bonchev–Trinajstić information content (AvgIpc) is 2.26. The van der Waals surface area contributed by atoms with Crippen molar-refractivity contribution in [1.82, 2.24) is 0 Å². The number of hydrogen-bond acceptors (Lipinski definition) is 2. The monoisotopic (exact) mass is 270 g/mol. The third-order valence-corrected chi connectivity index (χ3v) is 4.06. The van der Waals surface area contributed by atoms with E-state index in [0.717, 1.165) is 22.9 Å².